The lowest BCUT2D eigenvalue weighted by molar-refractivity contribution is 0.129. The van der Waals surface area contributed by atoms with Crippen molar-refractivity contribution < 1.29 is 8.78 Å². The molecule has 4 heteroatoms. The second-order valence-electron chi connectivity index (χ2n) is 7.34. The minimum atomic E-state index is -0.961. The topological polar surface area (TPSA) is 6.48 Å². The smallest absolute Gasteiger partial charge is 0.135 e. The zero-order valence-corrected chi connectivity index (χ0v) is 15.7. The van der Waals surface area contributed by atoms with E-state index in [1.165, 1.54) is 23.3 Å². The normalized spacial score (nSPS) is 19.3. The number of nitrogens with zero attached hydrogens (tertiary/aromatic N) is 2. The van der Waals surface area contributed by atoms with Crippen LogP contribution in [0.1, 0.15) is 11.1 Å². The molecule has 1 fully saturated rings. The molecule has 1 aliphatic heterocycles. The molecule has 0 spiro atoms. The number of hydrogen-bond donors (Lipinski definition) is 0. The summed E-state index contributed by atoms with van der Waals surface area (Å²) in [5, 5.41) is 0. The number of hydrogen-bond acceptors (Lipinski definition) is 2. The van der Waals surface area contributed by atoms with Gasteiger partial charge in [-0.2, -0.15) is 0 Å². The molecular formula is C24H24F2N2. The number of rotatable bonds is 6. The van der Waals surface area contributed by atoms with E-state index in [1.54, 1.807) is 12.1 Å². The molecule has 144 valence electrons. The second-order valence-corrected chi connectivity index (χ2v) is 7.34. The van der Waals surface area contributed by atoms with Gasteiger partial charge in [0.2, 0.25) is 0 Å². The van der Waals surface area contributed by atoms with Crippen LogP contribution in [0.3, 0.4) is 0 Å². The fraction of sp³-hybridized carbons (Fsp3) is 0.250. The summed E-state index contributed by atoms with van der Waals surface area (Å²) in [6, 6.07) is 26.5. The summed E-state index contributed by atoms with van der Waals surface area (Å²) in [6.07, 6.45) is -0.961. The molecule has 3 aromatic rings. The zero-order valence-electron chi connectivity index (χ0n) is 15.7. The predicted molar refractivity (Wildman–Crippen MR) is 109 cm³/mol. The molecule has 1 aliphatic rings. The highest BCUT2D eigenvalue weighted by Crippen LogP contribution is 2.27. The Hall–Kier alpha value is -2.72. The quantitative estimate of drug-likeness (QED) is 0.592. The molecular weight excluding hydrogens is 354 g/mol. The number of benzene rings is 3. The molecule has 3 aromatic carbocycles. The maximum atomic E-state index is 15.1. The maximum Gasteiger partial charge on any atom is 0.135 e. The Kier molecular flexibility index (Phi) is 5.68. The van der Waals surface area contributed by atoms with Gasteiger partial charge in [-0.15, -0.1) is 0 Å². The Labute approximate surface area is 165 Å². The monoisotopic (exact) mass is 378 g/mol. The third-order valence-electron chi connectivity index (χ3n) is 5.34. The summed E-state index contributed by atoms with van der Waals surface area (Å²) < 4.78 is 28.3. The third kappa shape index (κ3) is 4.39. The summed E-state index contributed by atoms with van der Waals surface area (Å²) in [5.41, 5.74) is 3.21. The molecule has 4 rings (SSSR count). The molecule has 1 heterocycles. The van der Waals surface area contributed by atoms with Crippen LogP contribution in [-0.2, 0) is 13.1 Å². The lowest BCUT2D eigenvalue weighted by Gasteiger charge is -2.30. The van der Waals surface area contributed by atoms with Crippen molar-refractivity contribution in [3.8, 4) is 0 Å². The van der Waals surface area contributed by atoms with Crippen LogP contribution in [0.25, 0.3) is 0 Å². The standard InChI is InChI=1S/C24H24F2N2/c25-21-11-13-22(14-12-21)27-17-23(26)24(18-27)28(15-19-7-3-1-4-8-19)16-20-9-5-2-6-10-20/h1-14,23-24H,15-18H2/t23-,24-/m1/s1. The summed E-state index contributed by atoms with van der Waals surface area (Å²) in [4.78, 5) is 4.23. The fourth-order valence-electron chi connectivity index (χ4n) is 3.88. The Morgan fingerprint density at radius 1 is 0.750 bits per heavy atom. The first-order valence-corrected chi connectivity index (χ1v) is 9.65. The summed E-state index contributed by atoms with van der Waals surface area (Å²) in [5.74, 6) is -0.272. The molecule has 28 heavy (non-hydrogen) atoms. The first-order chi connectivity index (χ1) is 13.7. The second kappa shape index (κ2) is 8.53. The molecule has 2 atom stereocenters. The van der Waals surface area contributed by atoms with Gasteiger partial charge in [-0.05, 0) is 35.4 Å². The lowest BCUT2D eigenvalue weighted by Crippen LogP contribution is -2.41. The van der Waals surface area contributed by atoms with Crippen LogP contribution >= 0.6 is 0 Å². The number of halogens is 2. The van der Waals surface area contributed by atoms with Crippen LogP contribution < -0.4 is 4.90 Å². The molecule has 0 bridgehead atoms. The molecule has 0 aromatic heterocycles. The summed E-state index contributed by atoms with van der Waals surface area (Å²) >= 11 is 0. The van der Waals surface area contributed by atoms with Gasteiger partial charge in [-0.3, -0.25) is 4.90 Å². The Morgan fingerprint density at radius 3 is 1.82 bits per heavy atom. The highest BCUT2D eigenvalue weighted by atomic mass is 19.1. The summed E-state index contributed by atoms with van der Waals surface area (Å²) in [6.45, 7) is 2.30. The van der Waals surface area contributed by atoms with Crippen molar-refractivity contribution in [3.05, 3.63) is 102 Å². The van der Waals surface area contributed by atoms with E-state index in [-0.39, 0.29) is 11.9 Å². The average molecular weight is 378 g/mol. The van der Waals surface area contributed by atoms with E-state index in [9.17, 15) is 4.39 Å². The van der Waals surface area contributed by atoms with Gasteiger partial charge in [0, 0.05) is 25.3 Å². The minimum absolute atomic E-state index is 0.217. The van der Waals surface area contributed by atoms with Crippen molar-refractivity contribution in [1.29, 1.82) is 0 Å². The van der Waals surface area contributed by atoms with Crippen molar-refractivity contribution in [3.63, 3.8) is 0 Å². The van der Waals surface area contributed by atoms with E-state index in [1.807, 2.05) is 41.3 Å². The van der Waals surface area contributed by atoms with Crippen LogP contribution in [-0.4, -0.2) is 30.2 Å². The van der Waals surface area contributed by atoms with E-state index in [0.717, 1.165) is 5.69 Å². The van der Waals surface area contributed by atoms with Gasteiger partial charge in [-0.1, -0.05) is 60.7 Å². The third-order valence-corrected chi connectivity index (χ3v) is 5.34. The van der Waals surface area contributed by atoms with Crippen LogP contribution in [0.5, 0.6) is 0 Å². The predicted octanol–water partition coefficient (Wildman–Crippen LogP) is 5.05. The van der Waals surface area contributed by atoms with E-state index in [4.69, 9.17) is 0 Å². The van der Waals surface area contributed by atoms with Crippen LogP contribution in [0.2, 0.25) is 0 Å². The number of alkyl halides is 1. The van der Waals surface area contributed by atoms with E-state index in [0.29, 0.717) is 26.2 Å². The van der Waals surface area contributed by atoms with Crippen molar-refractivity contribution >= 4 is 5.69 Å². The van der Waals surface area contributed by atoms with Gasteiger partial charge in [0.1, 0.15) is 12.0 Å². The summed E-state index contributed by atoms with van der Waals surface area (Å²) in [7, 11) is 0. The molecule has 0 radical (unpaired) electrons. The Morgan fingerprint density at radius 2 is 1.29 bits per heavy atom. The van der Waals surface area contributed by atoms with Gasteiger partial charge < -0.3 is 4.90 Å². The van der Waals surface area contributed by atoms with Gasteiger partial charge in [0.05, 0.1) is 12.6 Å². The van der Waals surface area contributed by atoms with Crippen LogP contribution in [0, 0.1) is 5.82 Å². The Bertz CT molecular complexity index is 827. The molecule has 1 saturated heterocycles. The average Bonchev–Trinajstić information content (AvgIpc) is 3.11. The molecule has 2 nitrogen and oxygen atoms in total. The lowest BCUT2D eigenvalue weighted by atomic mass is 10.1. The Balaban J connectivity index is 1.55. The molecule has 0 amide bonds. The minimum Gasteiger partial charge on any atom is -0.367 e. The van der Waals surface area contributed by atoms with Crippen molar-refractivity contribution in [2.24, 2.45) is 0 Å². The van der Waals surface area contributed by atoms with Crippen molar-refractivity contribution in [2.45, 2.75) is 25.3 Å². The van der Waals surface area contributed by atoms with E-state index >= 15 is 4.39 Å². The highest BCUT2D eigenvalue weighted by molar-refractivity contribution is 5.48. The first kappa shape index (κ1) is 18.6. The van der Waals surface area contributed by atoms with E-state index < -0.39 is 6.17 Å². The van der Waals surface area contributed by atoms with Gasteiger partial charge in [0.15, 0.2) is 0 Å². The molecule has 0 N–H and O–H groups in total. The first-order valence-electron chi connectivity index (χ1n) is 9.65. The van der Waals surface area contributed by atoms with Gasteiger partial charge in [-0.25, -0.2) is 8.78 Å². The van der Waals surface area contributed by atoms with Crippen molar-refractivity contribution in [2.75, 3.05) is 18.0 Å². The van der Waals surface area contributed by atoms with Gasteiger partial charge >= 0.3 is 0 Å². The molecule has 0 unspecified atom stereocenters. The molecule has 0 saturated carbocycles. The largest absolute Gasteiger partial charge is 0.367 e. The number of anilines is 1. The fourth-order valence-corrected chi connectivity index (χ4v) is 3.88. The van der Waals surface area contributed by atoms with Crippen molar-refractivity contribution in [1.82, 2.24) is 4.90 Å². The van der Waals surface area contributed by atoms with Gasteiger partial charge in [0.25, 0.3) is 0 Å². The van der Waals surface area contributed by atoms with E-state index in [2.05, 4.69) is 29.2 Å². The molecule has 0 aliphatic carbocycles. The van der Waals surface area contributed by atoms with Crippen LogP contribution in [0.15, 0.2) is 84.9 Å². The van der Waals surface area contributed by atoms with Crippen LogP contribution in [0.4, 0.5) is 14.5 Å². The SMILES string of the molecule is Fc1ccc(N2C[C@@H](F)[C@H](N(Cc3ccccc3)Cc3ccccc3)C2)cc1. The highest BCUT2D eigenvalue weighted by Gasteiger charge is 2.37. The maximum absolute atomic E-state index is 15.1. The zero-order chi connectivity index (χ0) is 19.3.